The summed E-state index contributed by atoms with van der Waals surface area (Å²) >= 11 is 5.78. The fourth-order valence-electron chi connectivity index (χ4n) is 2.51. The number of nitrogens with zero attached hydrogens (tertiary/aromatic N) is 1. The summed E-state index contributed by atoms with van der Waals surface area (Å²) in [6.07, 6.45) is 2.38. The van der Waals surface area contributed by atoms with Gasteiger partial charge in [-0.05, 0) is 55.9 Å². The van der Waals surface area contributed by atoms with E-state index in [-0.39, 0.29) is 4.90 Å². The van der Waals surface area contributed by atoms with Gasteiger partial charge in [-0.15, -0.1) is 0 Å². The lowest BCUT2D eigenvalue weighted by molar-refractivity contribution is 0.345. The molecule has 0 bridgehead atoms. The number of benzene rings is 1. The first-order valence-electron chi connectivity index (χ1n) is 6.33. The minimum atomic E-state index is -3.63. The smallest absolute Gasteiger partial charge is 0.197 e. The number of hydrogen-bond acceptors (Lipinski definition) is 3. The number of nitriles is 1. The van der Waals surface area contributed by atoms with Gasteiger partial charge >= 0.3 is 0 Å². The minimum absolute atomic E-state index is 0.188. The van der Waals surface area contributed by atoms with Crippen molar-refractivity contribution in [3.05, 3.63) is 29.3 Å². The van der Waals surface area contributed by atoms with Gasteiger partial charge < -0.3 is 0 Å². The Kier molecular flexibility index (Phi) is 3.89. The summed E-state index contributed by atoms with van der Waals surface area (Å²) in [4.78, 5) is 0.188. The summed E-state index contributed by atoms with van der Waals surface area (Å²) in [5.74, 6) is 0.488. The predicted octanol–water partition coefficient (Wildman–Crippen LogP) is 3.59. The zero-order valence-electron chi connectivity index (χ0n) is 10.8. The third-order valence-corrected chi connectivity index (χ3v) is 6.60. The Morgan fingerprint density at radius 1 is 1.26 bits per heavy atom. The van der Waals surface area contributed by atoms with E-state index in [4.69, 9.17) is 11.6 Å². The van der Waals surface area contributed by atoms with Crippen LogP contribution in [0.2, 0.25) is 5.02 Å². The van der Waals surface area contributed by atoms with Gasteiger partial charge in [0.1, 0.15) is 0 Å². The van der Waals surface area contributed by atoms with Crippen molar-refractivity contribution in [2.75, 3.05) is 0 Å². The van der Waals surface area contributed by atoms with Gasteiger partial charge in [0.05, 0.1) is 11.0 Å². The highest BCUT2D eigenvalue weighted by Gasteiger charge is 2.46. The van der Waals surface area contributed by atoms with E-state index in [9.17, 15) is 13.7 Å². The van der Waals surface area contributed by atoms with Crippen molar-refractivity contribution in [1.82, 2.24) is 0 Å². The average Bonchev–Trinajstić information content (AvgIpc) is 2.40. The van der Waals surface area contributed by atoms with Crippen LogP contribution in [-0.2, 0) is 9.84 Å². The van der Waals surface area contributed by atoms with E-state index < -0.39 is 14.6 Å². The van der Waals surface area contributed by atoms with Crippen molar-refractivity contribution in [2.45, 2.75) is 42.2 Å². The molecule has 5 heteroatoms. The largest absolute Gasteiger partial charge is 0.222 e. The van der Waals surface area contributed by atoms with E-state index in [0.29, 0.717) is 23.8 Å². The van der Waals surface area contributed by atoms with Gasteiger partial charge in [-0.25, -0.2) is 8.42 Å². The Bertz CT molecular complexity index is 593. The predicted molar refractivity (Wildman–Crippen MR) is 74.6 cm³/mol. The van der Waals surface area contributed by atoms with Gasteiger partial charge in [0.15, 0.2) is 14.6 Å². The van der Waals surface area contributed by atoms with Gasteiger partial charge in [0.2, 0.25) is 0 Å². The second-order valence-electron chi connectivity index (χ2n) is 5.25. The quantitative estimate of drug-likeness (QED) is 0.838. The van der Waals surface area contributed by atoms with Crippen molar-refractivity contribution in [2.24, 2.45) is 5.92 Å². The molecule has 1 aromatic rings. The van der Waals surface area contributed by atoms with E-state index >= 15 is 0 Å². The molecule has 0 aliphatic heterocycles. The summed E-state index contributed by atoms with van der Waals surface area (Å²) in [6.45, 7) is 2.09. The molecule has 1 aromatic carbocycles. The van der Waals surface area contributed by atoms with E-state index in [1.54, 1.807) is 12.1 Å². The van der Waals surface area contributed by atoms with Crippen molar-refractivity contribution >= 4 is 21.4 Å². The molecule has 3 nitrogen and oxygen atoms in total. The molecule has 102 valence electrons. The van der Waals surface area contributed by atoms with Crippen LogP contribution in [0.3, 0.4) is 0 Å². The zero-order chi connectivity index (χ0) is 14.1. The molecule has 1 fully saturated rings. The lowest BCUT2D eigenvalue weighted by Gasteiger charge is -2.33. The van der Waals surface area contributed by atoms with Crippen LogP contribution in [0.25, 0.3) is 0 Å². The number of halogens is 1. The second-order valence-corrected chi connectivity index (χ2v) is 7.94. The molecule has 1 saturated carbocycles. The molecular weight excluding hydrogens is 282 g/mol. The van der Waals surface area contributed by atoms with Crippen molar-refractivity contribution in [1.29, 1.82) is 5.26 Å². The van der Waals surface area contributed by atoms with Crippen molar-refractivity contribution in [3.8, 4) is 6.07 Å². The molecule has 1 aliphatic carbocycles. The van der Waals surface area contributed by atoms with Crippen LogP contribution in [0.15, 0.2) is 29.2 Å². The third kappa shape index (κ3) is 2.50. The Balaban J connectivity index is 2.43. The molecule has 0 radical (unpaired) electrons. The van der Waals surface area contributed by atoms with Crippen LogP contribution < -0.4 is 0 Å². The van der Waals surface area contributed by atoms with Gasteiger partial charge in [-0.1, -0.05) is 18.5 Å². The van der Waals surface area contributed by atoms with Crippen molar-refractivity contribution in [3.63, 3.8) is 0 Å². The second kappa shape index (κ2) is 5.15. The van der Waals surface area contributed by atoms with Gasteiger partial charge in [0, 0.05) is 5.02 Å². The first kappa shape index (κ1) is 14.4. The number of hydrogen-bond donors (Lipinski definition) is 0. The van der Waals surface area contributed by atoms with Gasteiger partial charge in [-0.3, -0.25) is 0 Å². The highest BCUT2D eigenvalue weighted by atomic mass is 35.5. The lowest BCUT2D eigenvalue weighted by Crippen LogP contribution is -2.40. The molecule has 0 N–H and O–H groups in total. The molecule has 19 heavy (non-hydrogen) atoms. The normalized spacial score (nSPS) is 27.7. The van der Waals surface area contributed by atoms with Gasteiger partial charge in [-0.2, -0.15) is 5.26 Å². The molecule has 1 aliphatic rings. The van der Waals surface area contributed by atoms with Crippen LogP contribution in [0.4, 0.5) is 0 Å². The monoisotopic (exact) mass is 297 g/mol. The first-order valence-corrected chi connectivity index (χ1v) is 8.19. The van der Waals surface area contributed by atoms with Crippen LogP contribution in [0.1, 0.15) is 32.6 Å². The zero-order valence-corrected chi connectivity index (χ0v) is 12.3. The van der Waals surface area contributed by atoms with Crippen LogP contribution in [-0.4, -0.2) is 13.2 Å². The molecule has 0 aromatic heterocycles. The molecule has 0 unspecified atom stereocenters. The molecule has 2 rings (SSSR count). The highest BCUT2D eigenvalue weighted by Crippen LogP contribution is 2.40. The average molecular weight is 298 g/mol. The van der Waals surface area contributed by atoms with E-state index in [1.165, 1.54) is 12.1 Å². The third-order valence-electron chi connectivity index (χ3n) is 3.92. The summed E-state index contributed by atoms with van der Waals surface area (Å²) < 4.78 is 24.1. The van der Waals surface area contributed by atoms with E-state index in [0.717, 1.165) is 12.8 Å². The van der Waals surface area contributed by atoms with E-state index in [2.05, 4.69) is 13.0 Å². The Morgan fingerprint density at radius 2 is 1.79 bits per heavy atom. The minimum Gasteiger partial charge on any atom is -0.222 e. The fraction of sp³-hybridized carbons (Fsp3) is 0.500. The lowest BCUT2D eigenvalue weighted by atomic mass is 9.83. The maximum atomic E-state index is 12.7. The summed E-state index contributed by atoms with van der Waals surface area (Å²) in [5, 5.41) is 9.91. The number of sulfone groups is 1. The maximum Gasteiger partial charge on any atom is 0.197 e. The van der Waals surface area contributed by atoms with Crippen LogP contribution >= 0.6 is 11.6 Å². The number of rotatable bonds is 2. The standard InChI is InChI=1S/C14H16ClNO2S/c1-11-6-8-14(10-16,9-7-11)19(17,18)13-4-2-12(15)3-5-13/h2-5,11H,6-9H2,1H3. The van der Waals surface area contributed by atoms with Crippen molar-refractivity contribution < 1.29 is 8.42 Å². The van der Waals surface area contributed by atoms with Crippen LogP contribution in [0.5, 0.6) is 0 Å². The van der Waals surface area contributed by atoms with E-state index in [1.807, 2.05) is 0 Å². The SMILES string of the molecule is CC1CCC(C#N)(S(=O)(=O)c2ccc(Cl)cc2)CC1. The van der Waals surface area contributed by atoms with Gasteiger partial charge in [0.25, 0.3) is 0 Å². The topological polar surface area (TPSA) is 57.9 Å². The Labute approximate surface area is 119 Å². The van der Waals surface area contributed by atoms with Crippen LogP contribution in [0, 0.1) is 17.2 Å². The summed E-state index contributed by atoms with van der Waals surface area (Å²) in [7, 11) is -3.63. The molecule has 0 spiro atoms. The fourth-order valence-corrected chi connectivity index (χ4v) is 4.47. The Hall–Kier alpha value is -1.05. The molecule has 0 atom stereocenters. The summed E-state index contributed by atoms with van der Waals surface area (Å²) in [6, 6.07) is 8.13. The molecule has 0 heterocycles. The molecular formula is C14H16ClNO2S. The maximum absolute atomic E-state index is 12.7. The highest BCUT2D eigenvalue weighted by molar-refractivity contribution is 7.93. The molecule has 0 amide bonds. The molecule has 0 saturated heterocycles. The Morgan fingerprint density at radius 3 is 2.26 bits per heavy atom. The first-order chi connectivity index (χ1) is 8.91. The summed E-state index contributed by atoms with van der Waals surface area (Å²) in [5.41, 5.74) is 0.